The second-order valence-corrected chi connectivity index (χ2v) is 6.47. The van der Waals surface area contributed by atoms with Crippen molar-refractivity contribution in [2.75, 3.05) is 0 Å². The number of nitrogens with one attached hydrogen (secondary N) is 1. The third kappa shape index (κ3) is 3.92. The molecule has 4 heteroatoms. The van der Waals surface area contributed by atoms with E-state index in [2.05, 4.69) is 23.3 Å². The van der Waals surface area contributed by atoms with Crippen LogP contribution in [0.3, 0.4) is 0 Å². The summed E-state index contributed by atoms with van der Waals surface area (Å²) < 4.78 is 0. The molecule has 0 spiro atoms. The van der Waals surface area contributed by atoms with Gasteiger partial charge in [0.2, 0.25) is 0 Å². The number of rotatable bonds is 4. The molecule has 0 bridgehead atoms. The van der Waals surface area contributed by atoms with Crippen molar-refractivity contribution in [1.82, 2.24) is 5.32 Å². The zero-order valence-corrected chi connectivity index (χ0v) is 14.5. The molecular weight excluding hydrogens is 320 g/mol. The van der Waals surface area contributed by atoms with E-state index in [9.17, 15) is 4.79 Å². The first-order valence-corrected chi connectivity index (χ1v) is 8.31. The summed E-state index contributed by atoms with van der Waals surface area (Å²) in [4.78, 5) is 16.6. The van der Waals surface area contributed by atoms with Crippen molar-refractivity contribution >= 4 is 29.4 Å². The summed E-state index contributed by atoms with van der Waals surface area (Å²) in [5, 5.41) is 3.58. The summed E-state index contributed by atoms with van der Waals surface area (Å²) in [5.41, 5.74) is 5.00. The number of aliphatic imine (C=N–C) groups is 1. The van der Waals surface area contributed by atoms with Gasteiger partial charge in [0, 0.05) is 11.4 Å². The molecule has 3 nitrogen and oxygen atoms in total. The van der Waals surface area contributed by atoms with Crippen LogP contribution >= 0.6 is 11.6 Å². The maximum absolute atomic E-state index is 12.1. The average Bonchev–Trinajstić information content (AvgIpc) is 2.89. The van der Waals surface area contributed by atoms with Crippen LogP contribution in [0, 0.1) is 13.8 Å². The van der Waals surface area contributed by atoms with Gasteiger partial charge in [-0.3, -0.25) is 4.79 Å². The molecule has 1 N–H and O–H groups in total. The Labute approximate surface area is 147 Å². The number of nitrogens with zero attached hydrogens (tertiary/aromatic N) is 1. The first-order valence-electron chi connectivity index (χ1n) is 7.93. The number of aryl methyl sites for hydroxylation is 3. The molecule has 1 aliphatic rings. The number of amides is 1. The van der Waals surface area contributed by atoms with Crippen LogP contribution in [0.4, 0.5) is 0 Å². The van der Waals surface area contributed by atoms with Crippen molar-refractivity contribution in [2.24, 2.45) is 4.99 Å². The average molecular weight is 339 g/mol. The molecule has 24 heavy (non-hydrogen) atoms. The SMILES string of the molecule is Cc1ccc(/C=C2\N=C(CCc3ccc(Cl)cc3)NC2=O)c(C)c1. The summed E-state index contributed by atoms with van der Waals surface area (Å²) in [6, 6.07) is 13.9. The molecule has 3 rings (SSSR count). The third-order valence-electron chi connectivity index (χ3n) is 4.03. The lowest BCUT2D eigenvalue weighted by Gasteiger charge is -2.01. The molecule has 0 unspecified atom stereocenters. The Bertz CT molecular complexity index is 835. The summed E-state index contributed by atoms with van der Waals surface area (Å²) in [7, 11) is 0. The Balaban J connectivity index is 1.72. The van der Waals surface area contributed by atoms with Gasteiger partial charge in [-0.15, -0.1) is 0 Å². The van der Waals surface area contributed by atoms with Crippen molar-refractivity contribution in [1.29, 1.82) is 0 Å². The Morgan fingerprint density at radius 2 is 1.83 bits per heavy atom. The van der Waals surface area contributed by atoms with E-state index in [1.807, 2.05) is 49.4 Å². The summed E-state index contributed by atoms with van der Waals surface area (Å²) in [5.74, 6) is 0.576. The van der Waals surface area contributed by atoms with E-state index >= 15 is 0 Å². The molecule has 0 radical (unpaired) electrons. The molecule has 1 heterocycles. The molecule has 0 fully saturated rings. The number of halogens is 1. The fourth-order valence-corrected chi connectivity index (χ4v) is 2.81. The predicted octanol–water partition coefficient (Wildman–Crippen LogP) is 4.46. The van der Waals surface area contributed by atoms with Crippen LogP contribution in [0.5, 0.6) is 0 Å². The standard InChI is InChI=1S/C20H19ClN2O/c1-13-3-7-16(14(2)11-13)12-18-20(24)23-19(22-18)10-6-15-4-8-17(21)9-5-15/h3-5,7-9,11-12H,6,10H2,1-2H3,(H,22,23,24)/b18-12-. The number of hydrogen-bond donors (Lipinski definition) is 1. The molecule has 2 aromatic carbocycles. The third-order valence-corrected chi connectivity index (χ3v) is 4.28. The lowest BCUT2D eigenvalue weighted by atomic mass is 10.0. The van der Waals surface area contributed by atoms with E-state index in [1.165, 1.54) is 11.1 Å². The molecule has 0 aromatic heterocycles. The van der Waals surface area contributed by atoms with Crippen LogP contribution in [0.25, 0.3) is 6.08 Å². The van der Waals surface area contributed by atoms with E-state index in [1.54, 1.807) is 0 Å². The summed E-state index contributed by atoms with van der Waals surface area (Å²) in [6.07, 6.45) is 3.35. The number of carbonyl (C=O) groups excluding carboxylic acids is 1. The van der Waals surface area contributed by atoms with Crippen LogP contribution in [0.2, 0.25) is 5.02 Å². The van der Waals surface area contributed by atoms with Crippen LogP contribution in [-0.2, 0) is 11.2 Å². The molecular formula is C20H19ClN2O. The number of amidine groups is 1. The molecule has 0 atom stereocenters. The Morgan fingerprint density at radius 3 is 2.54 bits per heavy atom. The van der Waals surface area contributed by atoms with Crippen LogP contribution < -0.4 is 5.32 Å². The van der Waals surface area contributed by atoms with Crippen LogP contribution in [0.1, 0.15) is 28.7 Å². The molecule has 2 aromatic rings. The summed E-state index contributed by atoms with van der Waals surface area (Å²) in [6.45, 7) is 4.09. The zero-order chi connectivity index (χ0) is 17.1. The smallest absolute Gasteiger partial charge is 0.275 e. The highest BCUT2D eigenvalue weighted by molar-refractivity contribution is 6.30. The molecule has 0 saturated carbocycles. The molecule has 0 aliphatic carbocycles. The second kappa shape index (κ2) is 7.02. The van der Waals surface area contributed by atoms with Gasteiger partial charge in [0.25, 0.3) is 5.91 Å². The Morgan fingerprint density at radius 1 is 1.08 bits per heavy atom. The second-order valence-electron chi connectivity index (χ2n) is 6.03. The molecule has 1 amide bonds. The van der Waals surface area contributed by atoms with E-state index < -0.39 is 0 Å². The topological polar surface area (TPSA) is 41.5 Å². The molecule has 0 saturated heterocycles. The van der Waals surface area contributed by atoms with Gasteiger partial charge in [-0.25, -0.2) is 4.99 Å². The monoisotopic (exact) mass is 338 g/mol. The van der Waals surface area contributed by atoms with E-state index in [0.717, 1.165) is 22.6 Å². The first kappa shape index (κ1) is 16.5. The minimum absolute atomic E-state index is 0.138. The Kier molecular flexibility index (Phi) is 4.81. The van der Waals surface area contributed by atoms with Crippen LogP contribution in [0.15, 0.2) is 53.2 Å². The highest BCUT2D eigenvalue weighted by atomic mass is 35.5. The minimum atomic E-state index is -0.138. The van der Waals surface area contributed by atoms with Crippen molar-refractivity contribution in [3.63, 3.8) is 0 Å². The first-order chi connectivity index (χ1) is 11.5. The number of benzene rings is 2. The van der Waals surface area contributed by atoms with Gasteiger partial charge in [-0.1, -0.05) is 47.5 Å². The van der Waals surface area contributed by atoms with Gasteiger partial charge in [-0.05, 0) is 55.2 Å². The number of carbonyl (C=O) groups is 1. The van der Waals surface area contributed by atoms with Crippen molar-refractivity contribution < 1.29 is 4.79 Å². The normalized spacial score (nSPS) is 15.5. The fourth-order valence-electron chi connectivity index (χ4n) is 2.68. The quantitative estimate of drug-likeness (QED) is 0.822. The molecule has 122 valence electrons. The van der Waals surface area contributed by atoms with Gasteiger partial charge in [0.1, 0.15) is 11.5 Å². The highest BCUT2D eigenvalue weighted by Crippen LogP contribution is 2.18. The Hall–Kier alpha value is -2.39. The van der Waals surface area contributed by atoms with Crippen molar-refractivity contribution in [2.45, 2.75) is 26.7 Å². The van der Waals surface area contributed by atoms with Crippen LogP contribution in [-0.4, -0.2) is 11.7 Å². The van der Waals surface area contributed by atoms with E-state index in [0.29, 0.717) is 18.0 Å². The lowest BCUT2D eigenvalue weighted by molar-refractivity contribution is -0.115. The number of hydrogen-bond acceptors (Lipinski definition) is 2. The minimum Gasteiger partial charge on any atom is -0.309 e. The van der Waals surface area contributed by atoms with Gasteiger partial charge in [-0.2, -0.15) is 0 Å². The fraction of sp³-hybridized carbons (Fsp3) is 0.200. The van der Waals surface area contributed by atoms with E-state index in [4.69, 9.17) is 11.6 Å². The maximum Gasteiger partial charge on any atom is 0.275 e. The van der Waals surface area contributed by atoms with Crippen molar-refractivity contribution in [3.8, 4) is 0 Å². The summed E-state index contributed by atoms with van der Waals surface area (Å²) >= 11 is 5.89. The van der Waals surface area contributed by atoms with Gasteiger partial charge >= 0.3 is 0 Å². The predicted molar refractivity (Wildman–Crippen MR) is 99.2 cm³/mol. The van der Waals surface area contributed by atoms with Gasteiger partial charge in [0.15, 0.2) is 0 Å². The highest BCUT2D eigenvalue weighted by Gasteiger charge is 2.19. The largest absolute Gasteiger partial charge is 0.309 e. The van der Waals surface area contributed by atoms with Gasteiger partial charge < -0.3 is 5.32 Å². The zero-order valence-electron chi connectivity index (χ0n) is 13.8. The lowest BCUT2D eigenvalue weighted by Crippen LogP contribution is -2.24. The molecule has 1 aliphatic heterocycles. The maximum atomic E-state index is 12.1. The van der Waals surface area contributed by atoms with Gasteiger partial charge in [0.05, 0.1) is 0 Å². The van der Waals surface area contributed by atoms with Crippen molar-refractivity contribution in [3.05, 3.63) is 75.4 Å². The van der Waals surface area contributed by atoms with E-state index in [-0.39, 0.29) is 5.91 Å².